The van der Waals surface area contributed by atoms with E-state index < -0.39 is 0 Å². The topological polar surface area (TPSA) is 38.3 Å². The van der Waals surface area contributed by atoms with Crippen LogP contribution in [0.4, 0.5) is 0 Å². The molecular weight excluding hydrogens is 414 g/mol. The van der Waals surface area contributed by atoms with Gasteiger partial charge in [-0.2, -0.15) is 0 Å². The van der Waals surface area contributed by atoms with E-state index in [0.29, 0.717) is 11.1 Å². The molecule has 1 aliphatic rings. The van der Waals surface area contributed by atoms with Crippen LogP contribution in [0.15, 0.2) is 53.0 Å². The Hall–Kier alpha value is -1.65. The molecule has 150 valence electrons. The number of hydrogen-bond acceptors (Lipinski definition) is 3. The monoisotopic (exact) mass is 443 g/mol. The quantitative estimate of drug-likeness (QED) is 0.304. The van der Waals surface area contributed by atoms with Crippen LogP contribution >= 0.6 is 15.9 Å². The predicted molar refractivity (Wildman–Crippen MR) is 118 cm³/mol. The summed E-state index contributed by atoms with van der Waals surface area (Å²) in [7, 11) is 0. The summed E-state index contributed by atoms with van der Waals surface area (Å²) >= 11 is 3.39. The van der Waals surface area contributed by atoms with Crippen molar-refractivity contribution in [1.82, 2.24) is 5.32 Å². The van der Waals surface area contributed by atoms with Gasteiger partial charge < -0.3 is 10.1 Å². The van der Waals surface area contributed by atoms with Crippen molar-refractivity contribution in [3.63, 3.8) is 0 Å². The van der Waals surface area contributed by atoms with E-state index in [2.05, 4.69) is 21.2 Å². The molecule has 0 saturated heterocycles. The Morgan fingerprint density at radius 1 is 0.893 bits per heavy atom. The van der Waals surface area contributed by atoms with Gasteiger partial charge in [0, 0.05) is 15.6 Å². The largest absolute Gasteiger partial charge is 0.494 e. The van der Waals surface area contributed by atoms with Crippen LogP contribution in [0.2, 0.25) is 0 Å². The summed E-state index contributed by atoms with van der Waals surface area (Å²) in [6.45, 7) is 3.06. The third kappa shape index (κ3) is 7.40. The molecule has 0 bridgehead atoms. The van der Waals surface area contributed by atoms with Crippen LogP contribution in [0.5, 0.6) is 5.75 Å². The van der Waals surface area contributed by atoms with E-state index in [0.717, 1.165) is 35.7 Å². The Morgan fingerprint density at radius 3 is 2.21 bits per heavy atom. The van der Waals surface area contributed by atoms with E-state index in [1.54, 1.807) is 0 Å². The summed E-state index contributed by atoms with van der Waals surface area (Å²) in [4.78, 5) is 12.5. The van der Waals surface area contributed by atoms with Gasteiger partial charge in [0.15, 0.2) is 5.78 Å². The van der Waals surface area contributed by atoms with E-state index in [-0.39, 0.29) is 5.78 Å². The minimum absolute atomic E-state index is 0.0322. The highest BCUT2D eigenvalue weighted by Gasteiger charge is 2.19. The van der Waals surface area contributed by atoms with Crippen LogP contribution < -0.4 is 10.1 Å². The van der Waals surface area contributed by atoms with Crippen LogP contribution in [0, 0.1) is 5.92 Å². The van der Waals surface area contributed by atoms with Crippen molar-refractivity contribution in [3.05, 3.63) is 64.1 Å². The Morgan fingerprint density at radius 2 is 1.54 bits per heavy atom. The molecule has 1 aliphatic carbocycles. The zero-order valence-corrected chi connectivity index (χ0v) is 18.0. The number of halogens is 1. The first-order valence-corrected chi connectivity index (χ1v) is 11.3. The molecule has 3 nitrogen and oxygen atoms in total. The van der Waals surface area contributed by atoms with Crippen LogP contribution in [0.3, 0.4) is 0 Å². The molecule has 0 aromatic heterocycles. The van der Waals surface area contributed by atoms with Crippen molar-refractivity contribution in [1.29, 1.82) is 0 Å². The zero-order chi connectivity index (χ0) is 19.6. The molecule has 2 aromatic rings. The molecule has 28 heavy (non-hydrogen) atoms. The maximum absolute atomic E-state index is 12.5. The van der Waals surface area contributed by atoms with E-state index >= 15 is 0 Å². The van der Waals surface area contributed by atoms with E-state index in [1.165, 1.54) is 45.1 Å². The van der Waals surface area contributed by atoms with Gasteiger partial charge in [0.05, 0.1) is 6.61 Å². The molecule has 4 heteroatoms. The smallest absolute Gasteiger partial charge is 0.193 e. The molecule has 0 aliphatic heterocycles. The number of ketones is 1. The van der Waals surface area contributed by atoms with E-state index in [9.17, 15) is 4.79 Å². The summed E-state index contributed by atoms with van der Waals surface area (Å²) < 4.78 is 6.78. The van der Waals surface area contributed by atoms with Gasteiger partial charge in [-0.3, -0.25) is 4.79 Å². The lowest BCUT2D eigenvalue weighted by molar-refractivity contribution is 0.103. The molecule has 1 saturated carbocycles. The first-order valence-electron chi connectivity index (χ1n) is 10.5. The Kier molecular flexibility index (Phi) is 8.56. The van der Waals surface area contributed by atoms with Gasteiger partial charge in [-0.25, -0.2) is 0 Å². The number of nitrogens with one attached hydrogen (secondary N) is 1. The molecule has 0 atom stereocenters. The Labute approximate surface area is 177 Å². The lowest BCUT2D eigenvalue weighted by Crippen LogP contribution is -2.17. The highest BCUT2D eigenvalue weighted by molar-refractivity contribution is 9.10. The first-order chi connectivity index (χ1) is 13.7. The second kappa shape index (κ2) is 11.4. The average Bonchev–Trinajstić information content (AvgIpc) is 3.54. The van der Waals surface area contributed by atoms with Gasteiger partial charge in [0.2, 0.25) is 0 Å². The van der Waals surface area contributed by atoms with Gasteiger partial charge >= 0.3 is 0 Å². The first kappa shape index (κ1) is 21.1. The molecule has 1 N–H and O–H groups in total. The maximum Gasteiger partial charge on any atom is 0.193 e. The van der Waals surface area contributed by atoms with Crippen molar-refractivity contribution < 1.29 is 9.53 Å². The average molecular weight is 444 g/mol. The molecule has 2 aromatic carbocycles. The van der Waals surface area contributed by atoms with Gasteiger partial charge in [0.1, 0.15) is 5.75 Å². The van der Waals surface area contributed by atoms with Crippen LogP contribution in [0.1, 0.15) is 60.9 Å². The fourth-order valence-corrected chi connectivity index (χ4v) is 3.47. The van der Waals surface area contributed by atoms with Gasteiger partial charge in [-0.1, -0.05) is 41.6 Å². The summed E-state index contributed by atoms with van der Waals surface area (Å²) in [5, 5.41) is 3.54. The maximum atomic E-state index is 12.5. The second-order valence-corrected chi connectivity index (χ2v) is 8.52. The third-order valence-electron chi connectivity index (χ3n) is 5.17. The van der Waals surface area contributed by atoms with Crippen molar-refractivity contribution in [2.45, 2.75) is 44.9 Å². The molecule has 0 radical (unpaired) electrons. The fraction of sp³-hybridized carbons (Fsp3) is 0.458. The van der Waals surface area contributed by atoms with Crippen LogP contribution in [-0.4, -0.2) is 25.5 Å². The van der Waals surface area contributed by atoms with Crippen LogP contribution in [-0.2, 0) is 0 Å². The number of hydrogen-bond donors (Lipinski definition) is 1. The minimum atomic E-state index is 0.0322. The number of rotatable bonds is 13. The molecular formula is C24H30BrNO2. The zero-order valence-electron chi connectivity index (χ0n) is 16.5. The normalized spacial score (nSPS) is 13.5. The van der Waals surface area contributed by atoms with Crippen molar-refractivity contribution in [2.75, 3.05) is 19.7 Å². The molecule has 1 fully saturated rings. The summed E-state index contributed by atoms with van der Waals surface area (Å²) in [5.74, 6) is 1.89. The lowest BCUT2D eigenvalue weighted by Gasteiger charge is -2.08. The number of benzene rings is 2. The van der Waals surface area contributed by atoms with Crippen molar-refractivity contribution in [2.24, 2.45) is 5.92 Å². The summed E-state index contributed by atoms with van der Waals surface area (Å²) in [5.41, 5.74) is 1.38. The van der Waals surface area contributed by atoms with E-state index in [4.69, 9.17) is 4.74 Å². The van der Waals surface area contributed by atoms with Gasteiger partial charge in [-0.15, -0.1) is 0 Å². The van der Waals surface area contributed by atoms with Crippen LogP contribution in [0.25, 0.3) is 0 Å². The number of unbranched alkanes of at least 4 members (excludes halogenated alkanes) is 3. The predicted octanol–water partition coefficient (Wildman–Crippen LogP) is 6.01. The Bertz CT molecular complexity index is 723. The van der Waals surface area contributed by atoms with Crippen molar-refractivity contribution in [3.8, 4) is 5.75 Å². The number of carbonyl (C=O) groups excluding carboxylic acids is 1. The molecule has 0 spiro atoms. The highest BCUT2D eigenvalue weighted by atomic mass is 79.9. The second-order valence-electron chi connectivity index (χ2n) is 7.61. The molecule has 0 amide bonds. The SMILES string of the molecule is O=C(c1ccc(Br)cc1)c1ccc(OCCCCCCNCCC2CC2)cc1. The molecule has 3 rings (SSSR count). The van der Waals surface area contributed by atoms with Gasteiger partial charge in [-0.05, 0) is 86.8 Å². The van der Waals surface area contributed by atoms with E-state index in [1.807, 2.05) is 48.5 Å². The minimum Gasteiger partial charge on any atom is -0.494 e. The fourth-order valence-electron chi connectivity index (χ4n) is 3.20. The van der Waals surface area contributed by atoms with Crippen molar-refractivity contribution >= 4 is 21.7 Å². The Balaban J connectivity index is 1.27. The third-order valence-corrected chi connectivity index (χ3v) is 5.69. The summed E-state index contributed by atoms with van der Waals surface area (Å²) in [6.07, 6.45) is 9.03. The molecule has 0 heterocycles. The molecule has 0 unspecified atom stereocenters. The highest BCUT2D eigenvalue weighted by Crippen LogP contribution is 2.31. The number of ether oxygens (including phenoxy) is 1. The number of carbonyl (C=O) groups is 1. The summed E-state index contributed by atoms with van der Waals surface area (Å²) in [6, 6.07) is 14.9. The van der Waals surface area contributed by atoms with Gasteiger partial charge in [0.25, 0.3) is 0 Å². The standard InChI is InChI=1S/C24H30BrNO2/c25-22-11-7-20(8-12-22)24(27)21-9-13-23(14-10-21)28-18-4-2-1-3-16-26-17-15-19-5-6-19/h7-14,19,26H,1-6,15-18H2. The lowest BCUT2D eigenvalue weighted by atomic mass is 10.0.